The molecule has 0 atom stereocenters. The Hall–Kier alpha value is -0.670. The number of carbonyl (C=O) groups excluding carboxylic acids is 1. The molecule has 0 saturated heterocycles. The quantitative estimate of drug-likeness (QED) is 0.833. The Morgan fingerprint density at radius 3 is 2.47 bits per heavy atom. The molecular weight excluding hydrogens is 254 g/mol. The Kier molecular flexibility index (Phi) is 4.48. The summed E-state index contributed by atoms with van der Waals surface area (Å²) in [6.45, 7) is 4.52. The van der Waals surface area contributed by atoms with E-state index in [1.165, 1.54) is 5.56 Å². The lowest BCUT2D eigenvalue weighted by molar-refractivity contribution is -0.121. The van der Waals surface area contributed by atoms with Crippen LogP contribution >= 0.6 is 15.9 Å². The summed E-state index contributed by atoms with van der Waals surface area (Å²) in [7, 11) is 0. The number of nitrogens with one attached hydrogen (secondary N) is 1. The van der Waals surface area contributed by atoms with Gasteiger partial charge >= 0.3 is 0 Å². The fourth-order valence-electron chi connectivity index (χ4n) is 1.18. The largest absolute Gasteiger partial charge is 0.301 e. The second kappa shape index (κ2) is 5.42. The predicted molar refractivity (Wildman–Crippen MR) is 66.2 cm³/mol. The normalized spacial score (nSPS) is 11.4. The van der Waals surface area contributed by atoms with Crippen LogP contribution in [-0.2, 0) is 11.3 Å². The van der Waals surface area contributed by atoms with Crippen LogP contribution in [0.1, 0.15) is 19.4 Å². The summed E-state index contributed by atoms with van der Waals surface area (Å²) in [6.07, 6.45) is 0. The van der Waals surface area contributed by atoms with Gasteiger partial charge in [0.2, 0.25) is 0 Å². The molecule has 15 heavy (non-hydrogen) atoms. The Labute approximate surface area is 99.2 Å². The lowest BCUT2D eigenvalue weighted by atomic mass is 10.00. The standard InChI is InChI=1S/C12H16BrNO/c1-12(2,11(15)8-13)14-9-10-6-4-3-5-7-10/h3-7,14H,8-9H2,1-2H3. The third-order valence-corrected chi connectivity index (χ3v) is 2.91. The molecule has 0 unspecified atom stereocenters. The van der Waals surface area contributed by atoms with E-state index in [2.05, 4.69) is 21.2 Å². The highest BCUT2D eigenvalue weighted by molar-refractivity contribution is 9.09. The molecule has 0 aliphatic rings. The van der Waals surface area contributed by atoms with Crippen molar-refractivity contribution in [3.05, 3.63) is 35.9 Å². The van der Waals surface area contributed by atoms with Crippen molar-refractivity contribution in [1.82, 2.24) is 5.32 Å². The number of hydrogen-bond acceptors (Lipinski definition) is 2. The fourth-order valence-corrected chi connectivity index (χ4v) is 1.89. The number of halogens is 1. The van der Waals surface area contributed by atoms with Gasteiger partial charge in [-0.1, -0.05) is 46.3 Å². The Balaban J connectivity index is 2.53. The molecule has 1 rings (SSSR count). The van der Waals surface area contributed by atoms with Crippen molar-refractivity contribution in [3.8, 4) is 0 Å². The Morgan fingerprint density at radius 1 is 1.33 bits per heavy atom. The molecule has 0 saturated carbocycles. The summed E-state index contributed by atoms with van der Waals surface area (Å²) < 4.78 is 0. The van der Waals surface area contributed by atoms with E-state index in [0.29, 0.717) is 11.9 Å². The molecule has 1 N–H and O–H groups in total. The van der Waals surface area contributed by atoms with Crippen LogP contribution in [0.25, 0.3) is 0 Å². The van der Waals surface area contributed by atoms with Crippen molar-refractivity contribution in [2.45, 2.75) is 25.9 Å². The van der Waals surface area contributed by atoms with Crippen molar-refractivity contribution >= 4 is 21.7 Å². The van der Waals surface area contributed by atoms with Crippen LogP contribution < -0.4 is 5.32 Å². The van der Waals surface area contributed by atoms with Crippen molar-refractivity contribution in [1.29, 1.82) is 0 Å². The molecule has 0 fully saturated rings. The molecule has 0 aliphatic heterocycles. The molecule has 0 bridgehead atoms. The van der Waals surface area contributed by atoms with Crippen LogP contribution in [0, 0.1) is 0 Å². The molecule has 0 amide bonds. The second-order valence-electron chi connectivity index (χ2n) is 4.02. The molecule has 2 nitrogen and oxygen atoms in total. The molecule has 3 heteroatoms. The van der Waals surface area contributed by atoms with Crippen molar-refractivity contribution in [2.75, 3.05) is 5.33 Å². The van der Waals surface area contributed by atoms with Gasteiger partial charge in [0.05, 0.1) is 10.9 Å². The van der Waals surface area contributed by atoms with Crippen molar-refractivity contribution in [3.63, 3.8) is 0 Å². The third kappa shape index (κ3) is 3.76. The number of benzene rings is 1. The highest BCUT2D eigenvalue weighted by Crippen LogP contribution is 2.08. The number of alkyl halides is 1. The van der Waals surface area contributed by atoms with E-state index >= 15 is 0 Å². The van der Waals surface area contributed by atoms with Crippen LogP contribution in [-0.4, -0.2) is 16.7 Å². The van der Waals surface area contributed by atoms with Crippen molar-refractivity contribution < 1.29 is 4.79 Å². The summed E-state index contributed by atoms with van der Waals surface area (Å²) in [5, 5.41) is 3.64. The van der Waals surface area contributed by atoms with Gasteiger partial charge in [-0.15, -0.1) is 0 Å². The van der Waals surface area contributed by atoms with Crippen LogP contribution in [0.2, 0.25) is 0 Å². The van der Waals surface area contributed by atoms with Gasteiger partial charge < -0.3 is 5.32 Å². The zero-order valence-electron chi connectivity index (χ0n) is 9.09. The summed E-state index contributed by atoms with van der Waals surface area (Å²) in [5.74, 6) is 0.165. The summed E-state index contributed by atoms with van der Waals surface area (Å²) in [5.41, 5.74) is 0.715. The maximum absolute atomic E-state index is 11.5. The van der Waals surface area contributed by atoms with E-state index in [1.54, 1.807) is 0 Å². The number of ketones is 1. The van der Waals surface area contributed by atoms with E-state index in [9.17, 15) is 4.79 Å². The van der Waals surface area contributed by atoms with Gasteiger partial charge in [0, 0.05) is 6.54 Å². The van der Waals surface area contributed by atoms with Crippen LogP contribution in [0.5, 0.6) is 0 Å². The molecule has 0 aromatic heterocycles. The minimum absolute atomic E-state index is 0.165. The molecule has 0 radical (unpaired) electrons. The number of rotatable bonds is 5. The zero-order valence-corrected chi connectivity index (χ0v) is 10.7. The summed E-state index contributed by atoms with van der Waals surface area (Å²) in [6, 6.07) is 10.1. The molecule has 0 spiro atoms. The predicted octanol–water partition coefficient (Wildman–Crippen LogP) is 2.52. The van der Waals surface area contributed by atoms with Crippen LogP contribution in [0.3, 0.4) is 0 Å². The number of Topliss-reactive ketones (excluding diaryl/α,β-unsaturated/α-hetero) is 1. The zero-order chi connectivity index (χ0) is 11.3. The first-order chi connectivity index (χ1) is 7.06. The van der Waals surface area contributed by atoms with Gasteiger partial charge in [0.15, 0.2) is 5.78 Å². The highest BCUT2D eigenvalue weighted by Gasteiger charge is 2.24. The van der Waals surface area contributed by atoms with Crippen LogP contribution in [0.4, 0.5) is 0 Å². The van der Waals surface area contributed by atoms with E-state index in [0.717, 1.165) is 0 Å². The average molecular weight is 270 g/mol. The first kappa shape index (κ1) is 12.4. The van der Waals surface area contributed by atoms with E-state index in [4.69, 9.17) is 0 Å². The molecule has 1 aromatic carbocycles. The topological polar surface area (TPSA) is 29.1 Å². The number of carbonyl (C=O) groups is 1. The Morgan fingerprint density at radius 2 is 1.93 bits per heavy atom. The smallest absolute Gasteiger partial charge is 0.162 e. The van der Waals surface area contributed by atoms with Gasteiger partial charge in [-0.05, 0) is 19.4 Å². The highest BCUT2D eigenvalue weighted by atomic mass is 79.9. The van der Waals surface area contributed by atoms with Gasteiger partial charge in [0.1, 0.15) is 0 Å². The van der Waals surface area contributed by atoms with Crippen molar-refractivity contribution in [2.24, 2.45) is 0 Å². The lowest BCUT2D eigenvalue weighted by Crippen LogP contribution is -2.46. The number of hydrogen-bond donors (Lipinski definition) is 1. The minimum Gasteiger partial charge on any atom is -0.301 e. The Bertz CT molecular complexity index is 322. The molecule has 1 aromatic rings. The second-order valence-corrected chi connectivity index (χ2v) is 4.58. The van der Waals surface area contributed by atoms with E-state index in [1.807, 2.05) is 44.2 Å². The van der Waals surface area contributed by atoms with Gasteiger partial charge in [-0.25, -0.2) is 0 Å². The maximum Gasteiger partial charge on any atom is 0.162 e. The van der Waals surface area contributed by atoms with Crippen LogP contribution in [0.15, 0.2) is 30.3 Å². The lowest BCUT2D eigenvalue weighted by Gasteiger charge is -2.23. The van der Waals surface area contributed by atoms with Gasteiger partial charge in [0.25, 0.3) is 0 Å². The first-order valence-corrected chi connectivity index (χ1v) is 6.06. The molecule has 0 heterocycles. The summed E-state index contributed by atoms with van der Waals surface area (Å²) in [4.78, 5) is 11.5. The van der Waals surface area contributed by atoms with E-state index < -0.39 is 5.54 Å². The third-order valence-electron chi connectivity index (χ3n) is 2.40. The maximum atomic E-state index is 11.5. The van der Waals surface area contributed by atoms with Gasteiger partial charge in [-0.3, -0.25) is 4.79 Å². The SMILES string of the molecule is CC(C)(NCc1ccccc1)C(=O)CBr. The molecular formula is C12H16BrNO. The monoisotopic (exact) mass is 269 g/mol. The molecule has 82 valence electrons. The van der Waals surface area contributed by atoms with Gasteiger partial charge in [-0.2, -0.15) is 0 Å². The summed E-state index contributed by atoms with van der Waals surface area (Å²) >= 11 is 3.19. The average Bonchev–Trinajstić information content (AvgIpc) is 2.27. The first-order valence-electron chi connectivity index (χ1n) is 4.94. The molecule has 0 aliphatic carbocycles. The fraction of sp³-hybridized carbons (Fsp3) is 0.417. The minimum atomic E-state index is -0.473. The van der Waals surface area contributed by atoms with E-state index in [-0.39, 0.29) is 5.78 Å².